The number of ether oxygens (including phenoxy) is 3. The Labute approximate surface area is 173 Å². The lowest BCUT2D eigenvalue weighted by molar-refractivity contribution is -0.119. The van der Waals surface area contributed by atoms with Crippen LogP contribution in [0.1, 0.15) is 6.92 Å². The standard InChI is InChI=1S/C21H23FN4O4/c1-3-29-11-12-30-21-24-20(15-5-4-6-16(22)13-15)26(25-21)18-9-7-17(8-10-18)23-19(27)14-28-2/h4-10,13H,3,11-12,14H2,1-2H3,(H,23,27). The molecule has 0 fully saturated rings. The first kappa shape index (κ1) is 21.4. The second kappa shape index (κ2) is 10.5. The summed E-state index contributed by atoms with van der Waals surface area (Å²) in [7, 11) is 1.45. The van der Waals surface area contributed by atoms with Gasteiger partial charge in [0.15, 0.2) is 5.82 Å². The zero-order chi connectivity index (χ0) is 21.3. The van der Waals surface area contributed by atoms with Gasteiger partial charge in [0.25, 0.3) is 0 Å². The first-order valence-electron chi connectivity index (χ1n) is 9.43. The van der Waals surface area contributed by atoms with Crippen LogP contribution in [-0.2, 0) is 14.3 Å². The monoisotopic (exact) mass is 414 g/mol. The number of hydrogen-bond donors (Lipinski definition) is 1. The third-order valence-electron chi connectivity index (χ3n) is 4.00. The lowest BCUT2D eigenvalue weighted by Gasteiger charge is -2.08. The summed E-state index contributed by atoms with van der Waals surface area (Å²) < 4.78 is 31.0. The lowest BCUT2D eigenvalue weighted by Crippen LogP contribution is -2.17. The SMILES string of the molecule is CCOCCOc1nc(-c2cccc(F)c2)n(-c2ccc(NC(=O)COC)cc2)n1. The first-order chi connectivity index (χ1) is 14.6. The van der Waals surface area contributed by atoms with Crippen molar-refractivity contribution >= 4 is 11.6 Å². The van der Waals surface area contributed by atoms with E-state index in [1.165, 1.54) is 19.2 Å². The van der Waals surface area contributed by atoms with E-state index in [0.29, 0.717) is 42.6 Å². The van der Waals surface area contributed by atoms with Crippen molar-refractivity contribution in [3.63, 3.8) is 0 Å². The van der Waals surface area contributed by atoms with E-state index in [1.807, 2.05) is 6.92 Å². The summed E-state index contributed by atoms with van der Waals surface area (Å²) in [6, 6.07) is 13.2. The number of methoxy groups -OCH3 is 1. The maximum Gasteiger partial charge on any atom is 0.336 e. The zero-order valence-corrected chi connectivity index (χ0v) is 16.8. The van der Waals surface area contributed by atoms with Gasteiger partial charge in [-0.25, -0.2) is 9.07 Å². The lowest BCUT2D eigenvalue weighted by atomic mass is 10.2. The van der Waals surface area contributed by atoms with E-state index in [0.717, 1.165) is 0 Å². The summed E-state index contributed by atoms with van der Waals surface area (Å²) in [4.78, 5) is 16.1. The Bertz CT molecular complexity index is 975. The summed E-state index contributed by atoms with van der Waals surface area (Å²) in [5.41, 5.74) is 1.84. The van der Waals surface area contributed by atoms with Gasteiger partial charge >= 0.3 is 6.01 Å². The zero-order valence-electron chi connectivity index (χ0n) is 16.8. The Morgan fingerprint density at radius 3 is 2.67 bits per heavy atom. The highest BCUT2D eigenvalue weighted by molar-refractivity contribution is 5.91. The molecule has 0 saturated carbocycles. The van der Waals surface area contributed by atoms with Gasteiger partial charge in [0.05, 0.1) is 12.3 Å². The molecule has 1 amide bonds. The van der Waals surface area contributed by atoms with Gasteiger partial charge in [0.2, 0.25) is 5.91 Å². The number of carbonyl (C=O) groups excluding carboxylic acids is 1. The van der Waals surface area contributed by atoms with Crippen molar-refractivity contribution in [3.05, 3.63) is 54.3 Å². The van der Waals surface area contributed by atoms with E-state index in [4.69, 9.17) is 14.2 Å². The minimum atomic E-state index is -0.378. The molecule has 0 radical (unpaired) electrons. The van der Waals surface area contributed by atoms with Crippen LogP contribution in [0.25, 0.3) is 17.1 Å². The molecule has 3 aromatic rings. The van der Waals surface area contributed by atoms with Gasteiger partial charge in [-0.2, -0.15) is 4.98 Å². The second-order valence-electron chi connectivity index (χ2n) is 6.21. The fraction of sp³-hybridized carbons (Fsp3) is 0.286. The molecule has 0 aliphatic heterocycles. The van der Waals surface area contributed by atoms with Gasteiger partial charge in [-0.15, -0.1) is 5.10 Å². The highest BCUT2D eigenvalue weighted by Crippen LogP contribution is 2.25. The van der Waals surface area contributed by atoms with Crippen molar-refractivity contribution in [1.82, 2.24) is 14.8 Å². The quantitative estimate of drug-likeness (QED) is 0.513. The molecule has 3 rings (SSSR count). The Balaban J connectivity index is 1.87. The van der Waals surface area contributed by atoms with E-state index in [-0.39, 0.29) is 24.3 Å². The highest BCUT2D eigenvalue weighted by Gasteiger charge is 2.15. The number of rotatable bonds is 10. The van der Waals surface area contributed by atoms with Gasteiger partial charge in [-0.3, -0.25) is 4.79 Å². The number of nitrogens with one attached hydrogen (secondary N) is 1. The molecule has 0 bridgehead atoms. The number of benzene rings is 2. The third kappa shape index (κ3) is 5.62. The molecule has 0 atom stereocenters. The van der Waals surface area contributed by atoms with Crippen LogP contribution in [-0.4, -0.2) is 54.2 Å². The molecule has 0 saturated heterocycles. The molecule has 1 aromatic heterocycles. The number of anilines is 1. The number of nitrogens with zero attached hydrogens (tertiary/aromatic N) is 3. The molecule has 9 heteroatoms. The van der Waals surface area contributed by atoms with Gasteiger partial charge in [-0.1, -0.05) is 12.1 Å². The van der Waals surface area contributed by atoms with E-state index >= 15 is 0 Å². The molecule has 158 valence electrons. The number of amides is 1. The molecular weight excluding hydrogens is 391 g/mol. The largest absolute Gasteiger partial charge is 0.460 e. The Morgan fingerprint density at radius 1 is 1.17 bits per heavy atom. The van der Waals surface area contributed by atoms with Crippen molar-refractivity contribution in [2.45, 2.75) is 6.92 Å². The normalized spacial score (nSPS) is 10.8. The van der Waals surface area contributed by atoms with E-state index in [1.54, 1.807) is 41.1 Å². The molecule has 1 heterocycles. The molecule has 0 spiro atoms. The smallest absolute Gasteiger partial charge is 0.336 e. The number of halogens is 1. The maximum atomic E-state index is 13.8. The molecule has 2 aromatic carbocycles. The minimum Gasteiger partial charge on any atom is -0.460 e. The average Bonchev–Trinajstić information content (AvgIpc) is 3.16. The van der Waals surface area contributed by atoms with Crippen LogP contribution >= 0.6 is 0 Å². The second-order valence-corrected chi connectivity index (χ2v) is 6.21. The van der Waals surface area contributed by atoms with Crippen molar-refractivity contribution in [2.75, 3.05) is 38.9 Å². The van der Waals surface area contributed by atoms with E-state index < -0.39 is 0 Å². The Morgan fingerprint density at radius 2 is 1.97 bits per heavy atom. The van der Waals surface area contributed by atoms with Crippen LogP contribution in [0, 0.1) is 5.82 Å². The summed E-state index contributed by atoms with van der Waals surface area (Å²) in [5.74, 6) is -0.203. The van der Waals surface area contributed by atoms with Crippen molar-refractivity contribution in [3.8, 4) is 23.1 Å². The van der Waals surface area contributed by atoms with Gasteiger partial charge in [-0.05, 0) is 43.3 Å². The van der Waals surface area contributed by atoms with Gasteiger partial charge in [0.1, 0.15) is 19.0 Å². The number of hydrogen-bond acceptors (Lipinski definition) is 6. The van der Waals surface area contributed by atoms with Crippen LogP contribution in [0.4, 0.5) is 10.1 Å². The van der Waals surface area contributed by atoms with Crippen molar-refractivity contribution in [2.24, 2.45) is 0 Å². The van der Waals surface area contributed by atoms with Crippen LogP contribution in [0.15, 0.2) is 48.5 Å². The first-order valence-corrected chi connectivity index (χ1v) is 9.43. The molecule has 0 unspecified atom stereocenters. The molecule has 0 aliphatic carbocycles. The van der Waals surface area contributed by atoms with Gasteiger partial charge in [0, 0.05) is 25.0 Å². The summed E-state index contributed by atoms with van der Waals surface area (Å²) in [6.07, 6.45) is 0. The minimum absolute atomic E-state index is 0.0308. The predicted molar refractivity (Wildman–Crippen MR) is 109 cm³/mol. The third-order valence-corrected chi connectivity index (χ3v) is 4.00. The molecule has 0 aliphatic rings. The summed E-state index contributed by atoms with van der Waals surface area (Å²) >= 11 is 0. The fourth-order valence-corrected chi connectivity index (χ4v) is 2.70. The van der Waals surface area contributed by atoms with Gasteiger partial charge < -0.3 is 19.5 Å². The molecular formula is C21H23FN4O4. The highest BCUT2D eigenvalue weighted by atomic mass is 19.1. The van der Waals surface area contributed by atoms with E-state index in [2.05, 4.69) is 15.4 Å². The van der Waals surface area contributed by atoms with Crippen LogP contribution in [0.5, 0.6) is 6.01 Å². The summed E-state index contributed by atoms with van der Waals surface area (Å²) in [6.45, 7) is 3.17. The Hall–Kier alpha value is -3.30. The predicted octanol–water partition coefficient (Wildman–Crippen LogP) is 3.07. The van der Waals surface area contributed by atoms with Crippen LogP contribution < -0.4 is 10.1 Å². The average molecular weight is 414 g/mol. The number of carbonyl (C=O) groups is 1. The number of aromatic nitrogens is 3. The van der Waals surface area contributed by atoms with Crippen LogP contribution in [0.2, 0.25) is 0 Å². The van der Waals surface area contributed by atoms with Crippen LogP contribution in [0.3, 0.4) is 0 Å². The van der Waals surface area contributed by atoms with E-state index in [9.17, 15) is 9.18 Å². The van der Waals surface area contributed by atoms with Crippen molar-refractivity contribution < 1.29 is 23.4 Å². The summed E-state index contributed by atoms with van der Waals surface area (Å²) in [5, 5.41) is 7.13. The molecule has 30 heavy (non-hydrogen) atoms. The Kier molecular flexibility index (Phi) is 7.47. The molecule has 1 N–H and O–H groups in total. The topological polar surface area (TPSA) is 87.5 Å². The molecule has 8 nitrogen and oxygen atoms in total. The van der Waals surface area contributed by atoms with Crippen molar-refractivity contribution in [1.29, 1.82) is 0 Å². The maximum absolute atomic E-state index is 13.8. The fourth-order valence-electron chi connectivity index (χ4n) is 2.70.